The first kappa shape index (κ1) is 27.7. The van der Waals surface area contributed by atoms with Crippen LogP contribution in [-0.4, -0.2) is 78.9 Å². The summed E-state index contributed by atoms with van der Waals surface area (Å²) >= 11 is 0. The van der Waals surface area contributed by atoms with Crippen LogP contribution in [0, 0.1) is 0 Å². The number of benzene rings is 3. The highest BCUT2D eigenvalue weighted by Crippen LogP contribution is 2.17. The van der Waals surface area contributed by atoms with E-state index >= 15 is 0 Å². The molecular weight excluding hydrogens is 448 g/mol. The van der Waals surface area contributed by atoms with Gasteiger partial charge in [-0.3, -0.25) is 0 Å². The SMILES string of the molecule is CNC[C@H](Cc1ccccc1)N(C)C[C@@H](Cc1ccc(O)cc1)N(C)C[C@@H](N)Cc1ccc(O)cc1. The van der Waals surface area contributed by atoms with Crippen molar-refractivity contribution in [3.05, 3.63) is 95.6 Å². The number of rotatable bonds is 14. The van der Waals surface area contributed by atoms with Crippen molar-refractivity contribution < 1.29 is 10.2 Å². The van der Waals surface area contributed by atoms with Gasteiger partial charge in [-0.25, -0.2) is 0 Å². The average molecular weight is 491 g/mol. The van der Waals surface area contributed by atoms with Gasteiger partial charge in [0.2, 0.25) is 0 Å². The third kappa shape index (κ3) is 8.95. The van der Waals surface area contributed by atoms with Crippen LogP contribution in [0.5, 0.6) is 11.5 Å². The van der Waals surface area contributed by atoms with E-state index in [1.54, 1.807) is 24.3 Å². The lowest BCUT2D eigenvalue weighted by Crippen LogP contribution is -2.51. The zero-order chi connectivity index (χ0) is 25.9. The van der Waals surface area contributed by atoms with E-state index < -0.39 is 0 Å². The zero-order valence-electron chi connectivity index (χ0n) is 21.8. The third-order valence-corrected chi connectivity index (χ3v) is 6.86. The Morgan fingerprint density at radius 1 is 0.667 bits per heavy atom. The molecule has 6 nitrogen and oxygen atoms in total. The van der Waals surface area contributed by atoms with Crippen molar-refractivity contribution in [3.8, 4) is 11.5 Å². The van der Waals surface area contributed by atoms with Crippen LogP contribution in [-0.2, 0) is 19.3 Å². The Hall–Kier alpha value is -2.90. The van der Waals surface area contributed by atoms with E-state index in [-0.39, 0.29) is 23.6 Å². The molecule has 0 spiro atoms. The van der Waals surface area contributed by atoms with Crippen molar-refractivity contribution in [2.24, 2.45) is 5.73 Å². The summed E-state index contributed by atoms with van der Waals surface area (Å²) in [5, 5.41) is 22.7. The van der Waals surface area contributed by atoms with E-state index in [0.29, 0.717) is 6.04 Å². The van der Waals surface area contributed by atoms with Crippen molar-refractivity contribution in [3.63, 3.8) is 0 Å². The lowest BCUT2D eigenvalue weighted by Gasteiger charge is -2.36. The largest absolute Gasteiger partial charge is 0.508 e. The molecule has 0 fully saturated rings. The van der Waals surface area contributed by atoms with Crippen LogP contribution in [0.25, 0.3) is 0 Å². The van der Waals surface area contributed by atoms with Gasteiger partial charge in [-0.2, -0.15) is 0 Å². The maximum Gasteiger partial charge on any atom is 0.115 e. The molecule has 194 valence electrons. The first-order valence-electron chi connectivity index (χ1n) is 12.7. The molecule has 0 aliphatic heterocycles. The third-order valence-electron chi connectivity index (χ3n) is 6.86. The van der Waals surface area contributed by atoms with Crippen molar-refractivity contribution >= 4 is 0 Å². The van der Waals surface area contributed by atoms with Crippen molar-refractivity contribution in [2.45, 2.75) is 37.4 Å². The smallest absolute Gasteiger partial charge is 0.115 e. The van der Waals surface area contributed by atoms with Gasteiger partial charge in [0.05, 0.1) is 0 Å². The molecule has 5 N–H and O–H groups in total. The first-order valence-corrected chi connectivity index (χ1v) is 12.7. The van der Waals surface area contributed by atoms with E-state index in [1.165, 1.54) is 11.1 Å². The summed E-state index contributed by atoms with van der Waals surface area (Å²) in [6.07, 6.45) is 2.60. The van der Waals surface area contributed by atoms with E-state index in [2.05, 4.69) is 59.5 Å². The fourth-order valence-electron chi connectivity index (χ4n) is 4.77. The Labute approximate surface area is 216 Å². The molecule has 0 heterocycles. The summed E-state index contributed by atoms with van der Waals surface area (Å²) in [7, 11) is 6.37. The molecule has 0 aromatic heterocycles. The second-order valence-electron chi connectivity index (χ2n) is 9.94. The van der Waals surface area contributed by atoms with Crippen molar-refractivity contribution in [2.75, 3.05) is 40.8 Å². The topological polar surface area (TPSA) is 85.0 Å². The second kappa shape index (κ2) is 14.0. The van der Waals surface area contributed by atoms with Gasteiger partial charge in [-0.1, -0.05) is 54.6 Å². The minimum absolute atomic E-state index is 0.0235. The molecule has 0 aliphatic rings. The quantitative estimate of drug-likeness (QED) is 0.278. The minimum atomic E-state index is -0.0235. The van der Waals surface area contributed by atoms with Gasteiger partial charge in [-0.15, -0.1) is 0 Å². The molecule has 0 radical (unpaired) electrons. The van der Waals surface area contributed by atoms with E-state index in [4.69, 9.17) is 5.73 Å². The summed E-state index contributed by atoms with van der Waals surface area (Å²) in [5.74, 6) is 0.557. The number of phenols is 2. The number of nitrogens with one attached hydrogen (secondary N) is 1. The predicted octanol–water partition coefficient (Wildman–Crippen LogP) is 3.27. The number of nitrogens with two attached hydrogens (primary N) is 1. The summed E-state index contributed by atoms with van der Waals surface area (Å²) in [4.78, 5) is 4.82. The Morgan fingerprint density at radius 2 is 1.14 bits per heavy atom. The second-order valence-corrected chi connectivity index (χ2v) is 9.94. The summed E-state index contributed by atoms with van der Waals surface area (Å²) in [6.45, 7) is 2.55. The Kier molecular flexibility index (Phi) is 10.8. The van der Waals surface area contributed by atoms with Crippen LogP contribution in [0.15, 0.2) is 78.9 Å². The van der Waals surface area contributed by atoms with E-state index in [9.17, 15) is 10.2 Å². The number of hydrogen-bond donors (Lipinski definition) is 4. The molecule has 6 heteroatoms. The molecule has 0 unspecified atom stereocenters. The number of hydrogen-bond acceptors (Lipinski definition) is 6. The van der Waals surface area contributed by atoms with Crippen LogP contribution < -0.4 is 11.1 Å². The predicted molar refractivity (Wildman–Crippen MR) is 149 cm³/mol. The average Bonchev–Trinajstić information content (AvgIpc) is 2.86. The molecular formula is C30H42N4O2. The maximum atomic E-state index is 9.74. The molecule has 0 bridgehead atoms. The maximum absolute atomic E-state index is 9.74. The van der Waals surface area contributed by atoms with Crippen molar-refractivity contribution in [1.29, 1.82) is 0 Å². The van der Waals surface area contributed by atoms with Crippen LogP contribution >= 0.6 is 0 Å². The molecule has 0 aliphatic carbocycles. The zero-order valence-corrected chi connectivity index (χ0v) is 21.8. The summed E-state index contributed by atoms with van der Waals surface area (Å²) < 4.78 is 0. The van der Waals surface area contributed by atoms with Crippen molar-refractivity contribution in [1.82, 2.24) is 15.1 Å². The Bertz CT molecular complexity index is 1010. The molecule has 3 rings (SSSR count). The summed E-state index contributed by atoms with van der Waals surface area (Å²) in [6, 6.07) is 26.0. The van der Waals surface area contributed by atoms with E-state index in [1.807, 2.05) is 31.3 Å². The molecule has 3 aromatic carbocycles. The van der Waals surface area contributed by atoms with Gasteiger partial charge in [-0.05, 0) is 81.4 Å². The molecule has 0 saturated carbocycles. The lowest BCUT2D eigenvalue weighted by atomic mass is 10.00. The highest BCUT2D eigenvalue weighted by atomic mass is 16.3. The van der Waals surface area contributed by atoms with Gasteiger partial charge >= 0.3 is 0 Å². The Morgan fingerprint density at radius 3 is 1.69 bits per heavy atom. The van der Waals surface area contributed by atoms with Gasteiger partial charge in [0, 0.05) is 37.8 Å². The highest BCUT2D eigenvalue weighted by molar-refractivity contribution is 5.27. The number of aromatic hydroxyl groups is 2. The fraction of sp³-hybridized carbons (Fsp3) is 0.400. The van der Waals surface area contributed by atoms with E-state index in [0.717, 1.165) is 44.5 Å². The van der Waals surface area contributed by atoms with Crippen LogP contribution in [0.4, 0.5) is 0 Å². The van der Waals surface area contributed by atoms with Gasteiger partial charge in [0.1, 0.15) is 11.5 Å². The minimum Gasteiger partial charge on any atom is -0.508 e. The van der Waals surface area contributed by atoms with Gasteiger partial charge in [0.25, 0.3) is 0 Å². The molecule has 3 aromatic rings. The Balaban J connectivity index is 1.71. The number of likely N-dealkylation sites (N-methyl/N-ethyl adjacent to an activating group) is 3. The fourth-order valence-corrected chi connectivity index (χ4v) is 4.77. The standard InChI is InChI=1S/C30H42N4O2/c1-32-20-27(18-23-7-5-4-6-8-23)34(3)22-28(19-25-11-15-30(36)16-12-25)33(2)21-26(31)17-24-9-13-29(35)14-10-24/h4-16,26-28,32,35-36H,17-22,31H2,1-3H3/t26-,27-,28+/m0/s1. The lowest BCUT2D eigenvalue weighted by molar-refractivity contribution is 0.142. The monoisotopic (exact) mass is 490 g/mol. The molecule has 0 saturated heterocycles. The molecule has 36 heavy (non-hydrogen) atoms. The van der Waals surface area contributed by atoms with Crippen LogP contribution in [0.3, 0.4) is 0 Å². The normalized spacial score (nSPS) is 14.2. The van der Waals surface area contributed by atoms with Crippen LogP contribution in [0.2, 0.25) is 0 Å². The van der Waals surface area contributed by atoms with Gasteiger partial charge < -0.3 is 31.1 Å². The number of nitrogens with zero attached hydrogens (tertiary/aromatic N) is 2. The molecule has 0 amide bonds. The summed E-state index contributed by atoms with van der Waals surface area (Å²) in [5.41, 5.74) is 10.2. The van der Waals surface area contributed by atoms with Crippen LogP contribution in [0.1, 0.15) is 16.7 Å². The molecule has 3 atom stereocenters. The highest BCUT2D eigenvalue weighted by Gasteiger charge is 2.23. The van der Waals surface area contributed by atoms with Gasteiger partial charge in [0.15, 0.2) is 0 Å². The number of phenolic OH excluding ortho intramolecular Hbond substituents is 2. The first-order chi connectivity index (χ1) is 17.3.